The summed E-state index contributed by atoms with van der Waals surface area (Å²) in [6.45, 7) is 8.17. The number of ether oxygens (including phenoxy) is 1. The van der Waals surface area contributed by atoms with Gasteiger partial charge in [0.1, 0.15) is 5.92 Å². The lowest BCUT2D eigenvalue weighted by molar-refractivity contribution is -0.146. The first-order valence-corrected chi connectivity index (χ1v) is 9.90. The summed E-state index contributed by atoms with van der Waals surface area (Å²) in [5.74, 6) is -1.12. The fraction of sp³-hybridized carbons (Fsp3) is 0.522. The van der Waals surface area contributed by atoms with Gasteiger partial charge in [0, 0.05) is 49.1 Å². The van der Waals surface area contributed by atoms with Gasteiger partial charge >= 0.3 is 5.97 Å². The molecule has 0 saturated carbocycles. The molecule has 1 aliphatic carbocycles. The van der Waals surface area contributed by atoms with E-state index in [1.165, 1.54) is 0 Å². The summed E-state index contributed by atoms with van der Waals surface area (Å²) >= 11 is 0. The largest absolute Gasteiger partial charge is 0.465 e. The van der Waals surface area contributed by atoms with Crippen LogP contribution in [0.2, 0.25) is 0 Å². The molecule has 0 fully saturated rings. The highest BCUT2D eigenvalue weighted by Gasteiger charge is 2.45. The topological polar surface area (TPSA) is 59.0 Å². The third kappa shape index (κ3) is 3.75. The summed E-state index contributed by atoms with van der Waals surface area (Å²) in [4.78, 5) is 32.7. The van der Waals surface area contributed by atoms with Gasteiger partial charge < -0.3 is 9.64 Å². The van der Waals surface area contributed by atoms with E-state index in [4.69, 9.17) is 9.73 Å². The molecule has 0 saturated heterocycles. The van der Waals surface area contributed by atoms with Crippen LogP contribution in [-0.4, -0.2) is 38.2 Å². The average Bonchev–Trinajstić information content (AvgIpc) is 2.59. The van der Waals surface area contributed by atoms with Gasteiger partial charge in [0.05, 0.1) is 6.61 Å². The molecule has 1 aromatic carbocycles. The van der Waals surface area contributed by atoms with E-state index in [1.807, 2.05) is 50.2 Å². The van der Waals surface area contributed by atoms with Crippen LogP contribution in [0.5, 0.6) is 0 Å². The van der Waals surface area contributed by atoms with Crippen LogP contribution >= 0.6 is 0 Å². The number of hydrogen-bond acceptors (Lipinski definition) is 5. The van der Waals surface area contributed by atoms with E-state index >= 15 is 0 Å². The molecule has 1 aliphatic heterocycles. The molecule has 28 heavy (non-hydrogen) atoms. The Bertz CT molecular complexity index is 847. The Labute approximate surface area is 167 Å². The maximum Gasteiger partial charge on any atom is 0.315 e. The summed E-state index contributed by atoms with van der Waals surface area (Å²) in [7, 11) is 3.97. The molecule has 1 unspecified atom stereocenters. The lowest BCUT2D eigenvalue weighted by atomic mass is 9.67. The van der Waals surface area contributed by atoms with Crippen molar-refractivity contribution in [2.24, 2.45) is 16.3 Å². The number of Topliss-reactive ketones (excluding diaryl/α,β-unsaturated/α-hetero) is 1. The predicted octanol–water partition coefficient (Wildman–Crippen LogP) is 4.13. The zero-order chi connectivity index (χ0) is 20.6. The van der Waals surface area contributed by atoms with Crippen molar-refractivity contribution >= 4 is 23.2 Å². The number of esters is 1. The predicted molar refractivity (Wildman–Crippen MR) is 112 cm³/mol. The fourth-order valence-electron chi connectivity index (χ4n) is 4.32. The Morgan fingerprint density at radius 2 is 1.86 bits per heavy atom. The third-order valence-electron chi connectivity index (χ3n) is 5.61. The third-order valence-corrected chi connectivity index (χ3v) is 5.61. The molecular formula is C23H30N2O3. The first-order chi connectivity index (χ1) is 13.1. The number of carbonyl (C=O) groups excluding carboxylic acids is 2. The minimum absolute atomic E-state index is 0.0958. The Balaban J connectivity index is 2.14. The Kier molecular flexibility index (Phi) is 5.46. The summed E-state index contributed by atoms with van der Waals surface area (Å²) in [6.07, 6.45) is 1.22. The molecule has 2 aliphatic rings. The van der Waals surface area contributed by atoms with Crippen molar-refractivity contribution in [3.8, 4) is 0 Å². The summed E-state index contributed by atoms with van der Waals surface area (Å²) < 4.78 is 5.36. The van der Waals surface area contributed by atoms with E-state index in [0.717, 1.165) is 29.1 Å². The van der Waals surface area contributed by atoms with Gasteiger partial charge in [-0.2, -0.15) is 0 Å². The minimum Gasteiger partial charge on any atom is -0.465 e. The normalized spacial score (nSPS) is 23.8. The number of anilines is 1. The monoisotopic (exact) mass is 382 g/mol. The number of carbonyl (C=O) groups is 2. The molecule has 0 bridgehead atoms. The van der Waals surface area contributed by atoms with Crippen LogP contribution in [0, 0.1) is 11.3 Å². The Morgan fingerprint density at radius 3 is 2.43 bits per heavy atom. The van der Waals surface area contributed by atoms with Gasteiger partial charge in [-0.05, 0) is 43.4 Å². The van der Waals surface area contributed by atoms with Crippen molar-refractivity contribution in [3.05, 3.63) is 41.1 Å². The lowest BCUT2D eigenvalue weighted by Crippen LogP contribution is -2.39. The van der Waals surface area contributed by atoms with Gasteiger partial charge in [-0.25, -0.2) is 0 Å². The van der Waals surface area contributed by atoms with Gasteiger partial charge in [0.25, 0.3) is 0 Å². The van der Waals surface area contributed by atoms with Crippen LogP contribution in [0.15, 0.2) is 40.5 Å². The molecule has 5 nitrogen and oxygen atoms in total. The molecule has 0 N–H and O–H groups in total. The quantitative estimate of drug-likeness (QED) is 0.735. The number of hydrogen-bond donors (Lipinski definition) is 0. The van der Waals surface area contributed by atoms with E-state index in [0.29, 0.717) is 18.6 Å². The number of benzene rings is 1. The van der Waals surface area contributed by atoms with Gasteiger partial charge in [-0.3, -0.25) is 14.6 Å². The van der Waals surface area contributed by atoms with Gasteiger partial charge in [-0.15, -0.1) is 0 Å². The van der Waals surface area contributed by atoms with Crippen molar-refractivity contribution < 1.29 is 14.3 Å². The van der Waals surface area contributed by atoms with Crippen LogP contribution < -0.4 is 4.90 Å². The molecule has 0 aromatic heterocycles. The first kappa shape index (κ1) is 20.3. The summed E-state index contributed by atoms with van der Waals surface area (Å²) in [6, 6.07) is 8.08. The zero-order valence-electron chi connectivity index (χ0n) is 17.7. The number of ketones is 1. The van der Waals surface area contributed by atoms with E-state index in [9.17, 15) is 9.59 Å². The number of aliphatic imine (C=N–C) groups is 1. The Morgan fingerprint density at radius 1 is 1.21 bits per heavy atom. The molecular weight excluding hydrogens is 352 g/mol. The maximum absolute atomic E-state index is 13.1. The highest BCUT2D eigenvalue weighted by Crippen LogP contribution is 2.48. The van der Waals surface area contributed by atoms with E-state index in [2.05, 4.69) is 13.8 Å². The molecule has 1 aromatic rings. The van der Waals surface area contributed by atoms with Crippen molar-refractivity contribution in [2.75, 3.05) is 25.6 Å². The second-order valence-electron chi connectivity index (χ2n) is 8.75. The van der Waals surface area contributed by atoms with E-state index < -0.39 is 5.92 Å². The SMILES string of the molecule is CCOC(=O)C1C(C)=NC2=C(C(=O)CC(C)(C)C2)[C@@H]1c1ccc(N(C)C)cc1. The smallest absolute Gasteiger partial charge is 0.315 e. The molecule has 0 amide bonds. The van der Waals surface area contributed by atoms with Crippen molar-refractivity contribution in [1.29, 1.82) is 0 Å². The Hall–Kier alpha value is -2.43. The zero-order valence-corrected chi connectivity index (χ0v) is 17.7. The maximum atomic E-state index is 13.1. The van der Waals surface area contributed by atoms with E-state index in [-0.39, 0.29) is 23.1 Å². The average molecular weight is 383 g/mol. The number of rotatable bonds is 4. The molecule has 3 rings (SSSR count). The molecule has 5 heteroatoms. The van der Waals surface area contributed by atoms with Gasteiger partial charge in [0.15, 0.2) is 5.78 Å². The highest BCUT2D eigenvalue weighted by molar-refractivity contribution is 6.09. The minimum atomic E-state index is -0.561. The first-order valence-electron chi connectivity index (χ1n) is 9.90. The number of nitrogens with zero attached hydrogens (tertiary/aromatic N) is 2. The second-order valence-corrected chi connectivity index (χ2v) is 8.75. The van der Waals surface area contributed by atoms with E-state index in [1.54, 1.807) is 6.92 Å². The highest BCUT2D eigenvalue weighted by atomic mass is 16.5. The van der Waals surface area contributed by atoms with Crippen molar-refractivity contribution in [1.82, 2.24) is 0 Å². The number of allylic oxidation sites excluding steroid dienone is 2. The summed E-state index contributed by atoms with van der Waals surface area (Å²) in [5, 5.41) is 0. The molecule has 0 spiro atoms. The van der Waals surface area contributed by atoms with Crippen LogP contribution in [0.4, 0.5) is 5.69 Å². The lowest BCUT2D eigenvalue weighted by Gasteiger charge is -2.39. The van der Waals surface area contributed by atoms with Crippen LogP contribution in [0.3, 0.4) is 0 Å². The fourth-order valence-corrected chi connectivity index (χ4v) is 4.32. The van der Waals surface area contributed by atoms with Crippen molar-refractivity contribution in [2.45, 2.75) is 46.5 Å². The van der Waals surface area contributed by atoms with Crippen LogP contribution in [-0.2, 0) is 14.3 Å². The molecule has 2 atom stereocenters. The molecule has 0 radical (unpaired) electrons. The molecule has 150 valence electrons. The summed E-state index contributed by atoms with van der Waals surface area (Å²) in [5.41, 5.74) is 4.17. The second kappa shape index (κ2) is 7.53. The standard InChI is InChI=1S/C23H30N2O3/c1-7-28-22(27)19-14(2)24-17-12-23(3,4)13-18(26)21(17)20(19)15-8-10-16(11-9-15)25(5)6/h8-11,19-20H,7,12-13H2,1-6H3/t19?,20-/m1/s1. The van der Waals surface area contributed by atoms with Crippen LogP contribution in [0.25, 0.3) is 0 Å². The van der Waals surface area contributed by atoms with Gasteiger partial charge in [0.2, 0.25) is 0 Å². The molecule has 1 heterocycles. The van der Waals surface area contributed by atoms with Gasteiger partial charge in [-0.1, -0.05) is 26.0 Å². The van der Waals surface area contributed by atoms with Crippen molar-refractivity contribution in [3.63, 3.8) is 0 Å². The van der Waals surface area contributed by atoms with Crippen LogP contribution in [0.1, 0.15) is 52.0 Å².